The lowest BCUT2D eigenvalue weighted by molar-refractivity contribution is 0.211. The van der Waals surface area contributed by atoms with Crippen LogP contribution in [0.5, 0.6) is 0 Å². The summed E-state index contributed by atoms with van der Waals surface area (Å²) in [6, 6.07) is 2.11. The van der Waals surface area contributed by atoms with Crippen LogP contribution in [0.3, 0.4) is 0 Å². The molecule has 0 amide bonds. The van der Waals surface area contributed by atoms with Crippen LogP contribution in [0.25, 0.3) is 0 Å². The summed E-state index contributed by atoms with van der Waals surface area (Å²) in [6.07, 6.45) is 1.35. The van der Waals surface area contributed by atoms with Gasteiger partial charge in [-0.15, -0.1) is 0 Å². The molecule has 1 N–H and O–H groups in total. The van der Waals surface area contributed by atoms with E-state index < -0.39 is 0 Å². The Labute approximate surface area is 66.5 Å². The molecule has 1 heterocycles. The lowest BCUT2D eigenvalue weighted by atomic mass is 10.1. The highest BCUT2D eigenvalue weighted by atomic mass is 15.5. The highest BCUT2D eigenvalue weighted by Gasteiger charge is 2.29. The van der Waals surface area contributed by atoms with Gasteiger partial charge in [0.2, 0.25) is 6.17 Å². The molecule has 0 fully saturated rings. The second kappa shape index (κ2) is 2.42. The Bertz CT molecular complexity index is 207. The summed E-state index contributed by atoms with van der Waals surface area (Å²) in [7, 11) is 0. The SMILES string of the molecule is CC(C)(C)N1C=NNC1C#N. The molecule has 0 aromatic heterocycles. The molecule has 0 saturated heterocycles. The first-order chi connectivity index (χ1) is 5.05. The van der Waals surface area contributed by atoms with Crippen molar-refractivity contribution < 1.29 is 0 Å². The number of rotatable bonds is 0. The maximum absolute atomic E-state index is 8.67. The van der Waals surface area contributed by atoms with E-state index in [1.165, 1.54) is 0 Å². The van der Waals surface area contributed by atoms with E-state index in [4.69, 9.17) is 5.26 Å². The quantitative estimate of drug-likeness (QED) is 0.549. The first kappa shape index (κ1) is 7.86. The third-order valence-electron chi connectivity index (χ3n) is 1.55. The van der Waals surface area contributed by atoms with E-state index in [9.17, 15) is 0 Å². The highest BCUT2D eigenvalue weighted by molar-refractivity contribution is 5.59. The van der Waals surface area contributed by atoms with E-state index in [-0.39, 0.29) is 11.7 Å². The fourth-order valence-corrected chi connectivity index (χ4v) is 0.947. The van der Waals surface area contributed by atoms with Gasteiger partial charge in [0.15, 0.2) is 0 Å². The maximum Gasteiger partial charge on any atom is 0.205 e. The summed E-state index contributed by atoms with van der Waals surface area (Å²) in [4.78, 5) is 1.88. The van der Waals surface area contributed by atoms with E-state index in [1.54, 1.807) is 6.34 Å². The van der Waals surface area contributed by atoms with Crippen molar-refractivity contribution >= 4 is 6.34 Å². The monoisotopic (exact) mass is 152 g/mol. The van der Waals surface area contributed by atoms with Gasteiger partial charge < -0.3 is 4.90 Å². The number of hydrogen-bond acceptors (Lipinski definition) is 4. The van der Waals surface area contributed by atoms with Crippen molar-refractivity contribution in [3.63, 3.8) is 0 Å². The van der Waals surface area contributed by atoms with Crippen molar-refractivity contribution in [2.75, 3.05) is 0 Å². The maximum atomic E-state index is 8.67. The second-order valence-corrected chi connectivity index (χ2v) is 3.48. The molecule has 0 aliphatic carbocycles. The summed E-state index contributed by atoms with van der Waals surface area (Å²) in [5.74, 6) is 0. The third-order valence-corrected chi connectivity index (χ3v) is 1.55. The summed E-state index contributed by atoms with van der Waals surface area (Å²) in [5, 5.41) is 12.5. The van der Waals surface area contributed by atoms with E-state index in [2.05, 4.69) is 16.6 Å². The van der Waals surface area contributed by atoms with Crippen LogP contribution in [0.2, 0.25) is 0 Å². The van der Waals surface area contributed by atoms with Crippen molar-refractivity contribution in [2.24, 2.45) is 5.10 Å². The molecule has 0 spiro atoms. The molecule has 1 unspecified atom stereocenters. The van der Waals surface area contributed by atoms with Crippen LogP contribution in [0, 0.1) is 11.3 Å². The minimum absolute atomic E-state index is 0.0482. The zero-order chi connectivity index (χ0) is 8.48. The highest BCUT2D eigenvalue weighted by Crippen LogP contribution is 2.15. The Balaban J connectivity index is 2.73. The minimum atomic E-state index is -0.310. The van der Waals surface area contributed by atoms with Gasteiger partial charge in [-0.1, -0.05) is 0 Å². The van der Waals surface area contributed by atoms with E-state index in [0.29, 0.717) is 0 Å². The van der Waals surface area contributed by atoms with Crippen LogP contribution in [-0.4, -0.2) is 22.9 Å². The van der Waals surface area contributed by atoms with E-state index >= 15 is 0 Å². The molecule has 1 rings (SSSR count). The zero-order valence-corrected chi connectivity index (χ0v) is 7.00. The van der Waals surface area contributed by atoms with Gasteiger partial charge in [-0.25, -0.2) is 0 Å². The molecule has 4 nitrogen and oxygen atoms in total. The third kappa shape index (κ3) is 1.43. The molecule has 0 saturated carbocycles. The topological polar surface area (TPSA) is 51.4 Å². The van der Waals surface area contributed by atoms with Crippen molar-refractivity contribution in [1.29, 1.82) is 5.26 Å². The van der Waals surface area contributed by atoms with Crippen molar-refractivity contribution in [2.45, 2.75) is 32.5 Å². The number of nitrogens with zero attached hydrogens (tertiary/aromatic N) is 3. The van der Waals surface area contributed by atoms with Gasteiger partial charge in [0.05, 0.1) is 0 Å². The van der Waals surface area contributed by atoms with Gasteiger partial charge in [-0.2, -0.15) is 10.4 Å². The second-order valence-electron chi connectivity index (χ2n) is 3.48. The first-order valence-electron chi connectivity index (χ1n) is 3.52. The lowest BCUT2D eigenvalue weighted by Gasteiger charge is -2.32. The van der Waals surface area contributed by atoms with Crippen LogP contribution in [0.15, 0.2) is 5.10 Å². The van der Waals surface area contributed by atoms with Crippen LogP contribution in [-0.2, 0) is 0 Å². The number of hydrogen-bond donors (Lipinski definition) is 1. The molecule has 1 atom stereocenters. The Morgan fingerprint density at radius 2 is 2.27 bits per heavy atom. The molecule has 0 aromatic rings. The molecule has 11 heavy (non-hydrogen) atoms. The molecule has 4 heteroatoms. The molecular weight excluding hydrogens is 140 g/mol. The Morgan fingerprint density at radius 1 is 1.64 bits per heavy atom. The smallest absolute Gasteiger partial charge is 0.205 e. The predicted octanol–water partition coefficient (Wildman–Crippen LogP) is 0.483. The van der Waals surface area contributed by atoms with Crippen LogP contribution >= 0.6 is 0 Å². The van der Waals surface area contributed by atoms with Gasteiger partial charge in [0.25, 0.3) is 0 Å². The number of hydrazone groups is 1. The average Bonchev–Trinajstić information content (AvgIpc) is 2.31. The summed E-state index contributed by atoms with van der Waals surface area (Å²) >= 11 is 0. The van der Waals surface area contributed by atoms with Crippen molar-refractivity contribution in [1.82, 2.24) is 10.3 Å². The molecule has 0 bridgehead atoms. The summed E-state index contributed by atoms with van der Waals surface area (Å²) in [5.41, 5.74) is 2.65. The van der Waals surface area contributed by atoms with Gasteiger partial charge in [-0.05, 0) is 20.8 Å². The minimum Gasteiger partial charge on any atom is -0.323 e. The van der Waals surface area contributed by atoms with Crippen molar-refractivity contribution in [3.05, 3.63) is 0 Å². The average molecular weight is 152 g/mol. The van der Waals surface area contributed by atoms with E-state index in [1.807, 2.05) is 25.7 Å². The Morgan fingerprint density at radius 3 is 2.64 bits per heavy atom. The standard InChI is InChI=1S/C7H12N4/c1-7(2,3)11-5-9-10-6(11)4-8/h5-6,10H,1-3H3. The zero-order valence-electron chi connectivity index (χ0n) is 7.00. The molecular formula is C7H12N4. The van der Waals surface area contributed by atoms with Crippen LogP contribution in [0.4, 0.5) is 0 Å². The fraction of sp³-hybridized carbons (Fsp3) is 0.714. The van der Waals surface area contributed by atoms with Gasteiger partial charge in [0.1, 0.15) is 12.4 Å². The number of nitrogens with one attached hydrogen (secondary N) is 1. The largest absolute Gasteiger partial charge is 0.323 e. The van der Waals surface area contributed by atoms with Crippen LogP contribution in [0.1, 0.15) is 20.8 Å². The van der Waals surface area contributed by atoms with Crippen LogP contribution < -0.4 is 5.43 Å². The summed E-state index contributed by atoms with van der Waals surface area (Å²) in [6.45, 7) is 6.11. The van der Waals surface area contributed by atoms with E-state index in [0.717, 1.165) is 0 Å². The van der Waals surface area contributed by atoms with Crippen molar-refractivity contribution in [3.8, 4) is 6.07 Å². The molecule has 1 aliphatic rings. The Kier molecular flexibility index (Phi) is 1.73. The predicted molar refractivity (Wildman–Crippen MR) is 42.6 cm³/mol. The van der Waals surface area contributed by atoms with Gasteiger partial charge in [0, 0.05) is 5.54 Å². The normalized spacial score (nSPS) is 23.1. The van der Waals surface area contributed by atoms with Gasteiger partial charge in [-0.3, -0.25) is 5.43 Å². The lowest BCUT2D eigenvalue weighted by Crippen LogP contribution is -2.47. The Hall–Kier alpha value is -1.24. The molecule has 0 aromatic carbocycles. The summed E-state index contributed by atoms with van der Waals surface area (Å²) < 4.78 is 0. The molecule has 1 aliphatic heterocycles. The number of nitriles is 1. The molecule has 0 radical (unpaired) electrons. The molecule has 60 valence electrons. The first-order valence-corrected chi connectivity index (χ1v) is 3.52. The fourth-order valence-electron chi connectivity index (χ4n) is 0.947. The van der Waals surface area contributed by atoms with Gasteiger partial charge >= 0.3 is 0 Å².